The molecule has 6 nitrogen and oxygen atoms in total. The third-order valence-corrected chi connectivity index (χ3v) is 5.11. The van der Waals surface area contributed by atoms with Gasteiger partial charge >= 0.3 is 6.03 Å². The zero-order chi connectivity index (χ0) is 17.6. The highest BCUT2D eigenvalue weighted by molar-refractivity contribution is 5.90. The predicted octanol–water partition coefficient (Wildman–Crippen LogP) is 2.80. The summed E-state index contributed by atoms with van der Waals surface area (Å²) in [4.78, 5) is 16.9. The van der Waals surface area contributed by atoms with Crippen LogP contribution in [0, 0.1) is 0 Å². The van der Waals surface area contributed by atoms with Gasteiger partial charge in [0.05, 0.1) is 6.61 Å². The van der Waals surface area contributed by atoms with E-state index in [1.54, 1.807) is 7.11 Å². The Morgan fingerprint density at radius 1 is 1.28 bits per heavy atom. The first-order valence-corrected chi connectivity index (χ1v) is 9.21. The first kappa shape index (κ1) is 18.0. The van der Waals surface area contributed by atoms with Gasteiger partial charge in [0.2, 0.25) is 0 Å². The Morgan fingerprint density at radius 3 is 2.88 bits per heavy atom. The van der Waals surface area contributed by atoms with Crippen LogP contribution in [-0.4, -0.2) is 67.9 Å². The molecule has 3 rings (SSSR count). The van der Waals surface area contributed by atoms with Gasteiger partial charge in [-0.15, -0.1) is 0 Å². The Kier molecular flexibility index (Phi) is 6.15. The van der Waals surface area contributed by atoms with Gasteiger partial charge in [-0.2, -0.15) is 0 Å². The summed E-state index contributed by atoms with van der Waals surface area (Å²) in [6.45, 7) is 6.15. The maximum Gasteiger partial charge on any atom is 0.321 e. The average Bonchev–Trinajstić information content (AvgIpc) is 2.56. The van der Waals surface area contributed by atoms with Crippen molar-refractivity contribution in [2.45, 2.75) is 38.3 Å². The van der Waals surface area contributed by atoms with E-state index in [1.807, 2.05) is 29.2 Å². The lowest BCUT2D eigenvalue weighted by Gasteiger charge is -2.49. The maximum absolute atomic E-state index is 12.4. The number of methoxy groups -OCH3 is 1. The maximum atomic E-state index is 12.4. The number of ether oxygens (including phenoxy) is 2. The molecular formula is C19H29N3O3. The minimum Gasteiger partial charge on any atom is -0.491 e. The second kappa shape index (κ2) is 8.54. The van der Waals surface area contributed by atoms with Crippen molar-refractivity contribution in [1.29, 1.82) is 0 Å². The van der Waals surface area contributed by atoms with Gasteiger partial charge in [-0.05, 0) is 38.4 Å². The number of benzene rings is 1. The van der Waals surface area contributed by atoms with Crippen molar-refractivity contribution in [3.05, 3.63) is 24.3 Å². The summed E-state index contributed by atoms with van der Waals surface area (Å²) in [6.07, 6.45) is 3.89. The largest absolute Gasteiger partial charge is 0.491 e. The molecule has 2 heterocycles. The van der Waals surface area contributed by atoms with Crippen LogP contribution >= 0.6 is 0 Å². The molecule has 1 N–H and O–H groups in total. The molecule has 2 amide bonds. The summed E-state index contributed by atoms with van der Waals surface area (Å²) < 4.78 is 10.6. The van der Waals surface area contributed by atoms with E-state index in [1.165, 1.54) is 25.8 Å². The van der Waals surface area contributed by atoms with Gasteiger partial charge in [-0.3, -0.25) is 4.90 Å². The molecule has 1 atom stereocenters. The molecule has 0 aromatic heterocycles. The van der Waals surface area contributed by atoms with E-state index < -0.39 is 0 Å². The second-order valence-corrected chi connectivity index (χ2v) is 6.94. The fraction of sp³-hybridized carbons (Fsp3) is 0.632. The van der Waals surface area contributed by atoms with Crippen molar-refractivity contribution in [3.8, 4) is 5.75 Å². The van der Waals surface area contributed by atoms with Gasteiger partial charge in [0.25, 0.3) is 0 Å². The quantitative estimate of drug-likeness (QED) is 0.804. The number of carbonyl (C=O) groups is 1. The number of rotatable bonds is 6. The van der Waals surface area contributed by atoms with E-state index in [-0.39, 0.29) is 6.03 Å². The highest BCUT2D eigenvalue weighted by Crippen LogP contribution is 2.25. The van der Waals surface area contributed by atoms with Crippen LogP contribution in [0.4, 0.5) is 10.5 Å². The van der Waals surface area contributed by atoms with E-state index in [9.17, 15) is 4.79 Å². The number of urea groups is 1. The molecule has 2 saturated heterocycles. The number of nitrogens with zero attached hydrogens (tertiary/aromatic N) is 2. The van der Waals surface area contributed by atoms with Gasteiger partial charge < -0.3 is 19.7 Å². The molecule has 1 aromatic carbocycles. The van der Waals surface area contributed by atoms with E-state index >= 15 is 0 Å². The van der Waals surface area contributed by atoms with Crippen LogP contribution in [0.15, 0.2) is 24.3 Å². The molecule has 0 aliphatic carbocycles. The number of hydrogen-bond donors (Lipinski definition) is 1. The normalized spacial score (nSPS) is 21.7. The molecule has 25 heavy (non-hydrogen) atoms. The van der Waals surface area contributed by atoms with Crippen LogP contribution in [-0.2, 0) is 4.74 Å². The van der Waals surface area contributed by atoms with Crippen LogP contribution in [0.2, 0.25) is 0 Å². The summed E-state index contributed by atoms with van der Waals surface area (Å²) in [5.74, 6) is 0.735. The first-order chi connectivity index (χ1) is 12.2. The summed E-state index contributed by atoms with van der Waals surface area (Å²) >= 11 is 0. The molecule has 2 aliphatic heterocycles. The summed E-state index contributed by atoms with van der Waals surface area (Å²) in [7, 11) is 1.64. The van der Waals surface area contributed by atoms with Crippen molar-refractivity contribution in [2.24, 2.45) is 0 Å². The predicted molar refractivity (Wildman–Crippen MR) is 98.2 cm³/mol. The van der Waals surface area contributed by atoms with E-state index in [0.29, 0.717) is 25.3 Å². The SMILES string of the molecule is COCCOc1cccc(NC(=O)N2CC(N3CCCCC3C)C2)c1. The zero-order valence-corrected chi connectivity index (χ0v) is 15.2. The number of piperidine rings is 1. The number of amides is 2. The smallest absolute Gasteiger partial charge is 0.321 e. The molecule has 0 spiro atoms. The fourth-order valence-electron chi connectivity index (χ4n) is 3.60. The molecule has 6 heteroatoms. The molecule has 1 aromatic rings. The molecule has 0 radical (unpaired) electrons. The van der Waals surface area contributed by atoms with Gasteiger partial charge in [-0.25, -0.2) is 4.79 Å². The van der Waals surface area contributed by atoms with Gasteiger partial charge in [0.15, 0.2) is 0 Å². The van der Waals surface area contributed by atoms with Crippen molar-refractivity contribution in [1.82, 2.24) is 9.80 Å². The highest BCUT2D eigenvalue weighted by Gasteiger charge is 2.37. The average molecular weight is 347 g/mol. The Morgan fingerprint density at radius 2 is 2.12 bits per heavy atom. The van der Waals surface area contributed by atoms with Gasteiger partial charge in [0.1, 0.15) is 12.4 Å². The zero-order valence-electron chi connectivity index (χ0n) is 15.2. The molecule has 1 unspecified atom stereocenters. The van der Waals surface area contributed by atoms with Crippen molar-refractivity contribution < 1.29 is 14.3 Å². The Balaban J connectivity index is 1.46. The third kappa shape index (κ3) is 4.64. The Bertz CT molecular complexity index is 575. The number of anilines is 1. The first-order valence-electron chi connectivity index (χ1n) is 9.21. The Labute approximate surface area is 150 Å². The van der Waals surface area contributed by atoms with E-state index in [4.69, 9.17) is 9.47 Å². The second-order valence-electron chi connectivity index (χ2n) is 6.94. The number of carbonyl (C=O) groups excluding carboxylic acids is 1. The topological polar surface area (TPSA) is 54.0 Å². The summed E-state index contributed by atoms with van der Waals surface area (Å²) in [5, 5.41) is 2.97. The lowest BCUT2D eigenvalue weighted by Crippen LogP contribution is -2.64. The lowest BCUT2D eigenvalue weighted by molar-refractivity contribution is 0.0199. The minimum atomic E-state index is -0.0324. The standard InChI is InChI=1S/C19H29N3O3/c1-15-6-3-4-9-22(15)17-13-21(14-17)19(23)20-16-7-5-8-18(12-16)25-11-10-24-2/h5,7-8,12,15,17H,3-4,6,9-11,13-14H2,1-2H3,(H,20,23). The monoisotopic (exact) mass is 347 g/mol. The van der Waals surface area contributed by atoms with Crippen molar-refractivity contribution in [2.75, 3.05) is 45.3 Å². The van der Waals surface area contributed by atoms with Crippen molar-refractivity contribution in [3.63, 3.8) is 0 Å². The number of nitrogens with one attached hydrogen (secondary N) is 1. The van der Waals surface area contributed by atoms with Crippen LogP contribution in [0.3, 0.4) is 0 Å². The number of likely N-dealkylation sites (tertiary alicyclic amines) is 2. The van der Waals surface area contributed by atoms with E-state index in [2.05, 4.69) is 17.1 Å². The van der Waals surface area contributed by atoms with Crippen molar-refractivity contribution >= 4 is 11.7 Å². The molecule has 0 bridgehead atoms. The molecule has 2 aliphatic rings. The van der Waals surface area contributed by atoms with Crippen LogP contribution in [0.25, 0.3) is 0 Å². The summed E-state index contributed by atoms with van der Waals surface area (Å²) in [6, 6.07) is 8.61. The van der Waals surface area contributed by atoms with Crippen LogP contribution in [0.1, 0.15) is 26.2 Å². The Hall–Kier alpha value is -1.79. The van der Waals surface area contributed by atoms with Gasteiger partial charge in [-0.1, -0.05) is 12.5 Å². The van der Waals surface area contributed by atoms with Gasteiger partial charge in [0, 0.05) is 44.0 Å². The van der Waals surface area contributed by atoms with Crippen LogP contribution < -0.4 is 10.1 Å². The van der Waals surface area contributed by atoms with E-state index in [0.717, 1.165) is 24.5 Å². The number of hydrogen-bond acceptors (Lipinski definition) is 4. The minimum absolute atomic E-state index is 0.0324. The molecular weight excluding hydrogens is 318 g/mol. The highest BCUT2D eigenvalue weighted by atomic mass is 16.5. The lowest BCUT2D eigenvalue weighted by atomic mass is 9.98. The third-order valence-electron chi connectivity index (χ3n) is 5.11. The molecule has 138 valence electrons. The fourth-order valence-corrected chi connectivity index (χ4v) is 3.60. The summed E-state index contributed by atoms with van der Waals surface area (Å²) in [5.41, 5.74) is 0.759. The molecule has 2 fully saturated rings. The van der Waals surface area contributed by atoms with Crippen LogP contribution in [0.5, 0.6) is 5.75 Å². The molecule has 0 saturated carbocycles.